The number of aryl methyl sites for hydroxylation is 1. The van der Waals surface area contributed by atoms with E-state index in [-0.39, 0.29) is 5.97 Å². The van der Waals surface area contributed by atoms with Gasteiger partial charge in [-0.25, -0.2) is 4.79 Å². The van der Waals surface area contributed by atoms with Crippen molar-refractivity contribution >= 4 is 28.7 Å². The lowest BCUT2D eigenvalue weighted by molar-refractivity contribution is 0.0602. The normalized spacial score (nSPS) is 10.3. The number of esters is 1. The van der Waals surface area contributed by atoms with Crippen molar-refractivity contribution in [2.45, 2.75) is 19.9 Å². The Labute approximate surface area is 122 Å². The largest absolute Gasteiger partial charge is 0.465 e. The summed E-state index contributed by atoms with van der Waals surface area (Å²) in [5, 5.41) is 5.37. The first kappa shape index (κ1) is 14.4. The van der Waals surface area contributed by atoms with Crippen molar-refractivity contribution in [2.24, 2.45) is 0 Å². The van der Waals surface area contributed by atoms with Gasteiger partial charge in [-0.2, -0.15) is 0 Å². The van der Waals surface area contributed by atoms with Crippen molar-refractivity contribution < 1.29 is 9.53 Å². The first-order chi connectivity index (χ1) is 9.65. The molecule has 3 N–H and O–H groups in total. The zero-order valence-electron chi connectivity index (χ0n) is 11.6. The Morgan fingerprint density at radius 1 is 1.40 bits per heavy atom. The van der Waals surface area contributed by atoms with E-state index >= 15 is 0 Å². The van der Waals surface area contributed by atoms with Gasteiger partial charge in [-0.15, -0.1) is 11.3 Å². The standard InChI is InChI=1S/C15H18N2O2S/c1-3-10-6-7-20-14(10)9-17-13-5-4-11(16)8-12(13)15(18)19-2/h4-8,17H,3,9,16H2,1-2H3. The fourth-order valence-corrected chi connectivity index (χ4v) is 2.92. The second kappa shape index (κ2) is 6.43. The Kier molecular flexibility index (Phi) is 4.63. The molecule has 0 fully saturated rings. The highest BCUT2D eigenvalue weighted by atomic mass is 32.1. The number of benzene rings is 1. The Hall–Kier alpha value is -2.01. The number of rotatable bonds is 5. The average Bonchev–Trinajstić information content (AvgIpc) is 2.92. The predicted molar refractivity (Wildman–Crippen MR) is 83.2 cm³/mol. The van der Waals surface area contributed by atoms with E-state index in [0.29, 0.717) is 17.8 Å². The molecule has 2 rings (SSSR count). The molecular weight excluding hydrogens is 272 g/mol. The van der Waals surface area contributed by atoms with Gasteiger partial charge in [-0.3, -0.25) is 0 Å². The molecule has 5 heteroatoms. The average molecular weight is 290 g/mol. The van der Waals surface area contributed by atoms with E-state index in [9.17, 15) is 4.79 Å². The summed E-state index contributed by atoms with van der Waals surface area (Å²) in [7, 11) is 1.36. The summed E-state index contributed by atoms with van der Waals surface area (Å²) in [5.74, 6) is -0.387. The minimum absolute atomic E-state index is 0.387. The van der Waals surface area contributed by atoms with Gasteiger partial charge in [0.05, 0.1) is 12.7 Å². The molecule has 0 amide bonds. The molecule has 1 aromatic heterocycles. The van der Waals surface area contributed by atoms with Crippen LogP contribution in [-0.2, 0) is 17.7 Å². The van der Waals surface area contributed by atoms with Crippen LogP contribution in [0.5, 0.6) is 0 Å². The molecule has 4 nitrogen and oxygen atoms in total. The number of thiophene rings is 1. The van der Waals surface area contributed by atoms with Crippen LogP contribution in [0.4, 0.5) is 11.4 Å². The van der Waals surface area contributed by atoms with Crippen LogP contribution in [0, 0.1) is 0 Å². The van der Waals surface area contributed by atoms with E-state index in [2.05, 4.69) is 23.7 Å². The molecule has 0 aliphatic heterocycles. The summed E-state index contributed by atoms with van der Waals surface area (Å²) in [6, 6.07) is 7.33. The van der Waals surface area contributed by atoms with Crippen LogP contribution in [0.25, 0.3) is 0 Å². The van der Waals surface area contributed by atoms with Crippen LogP contribution >= 0.6 is 11.3 Å². The summed E-state index contributed by atoms with van der Waals surface area (Å²) < 4.78 is 4.78. The SMILES string of the molecule is CCc1ccsc1CNc1ccc(N)cc1C(=O)OC. The predicted octanol–water partition coefficient (Wildman–Crippen LogP) is 3.29. The number of ether oxygens (including phenoxy) is 1. The highest BCUT2D eigenvalue weighted by Gasteiger charge is 2.12. The zero-order chi connectivity index (χ0) is 14.5. The molecule has 0 atom stereocenters. The minimum atomic E-state index is -0.387. The highest BCUT2D eigenvalue weighted by molar-refractivity contribution is 7.10. The van der Waals surface area contributed by atoms with Crippen molar-refractivity contribution in [3.8, 4) is 0 Å². The topological polar surface area (TPSA) is 64.3 Å². The molecule has 0 aliphatic rings. The molecule has 1 aromatic carbocycles. The Balaban J connectivity index is 2.19. The van der Waals surface area contributed by atoms with Crippen LogP contribution < -0.4 is 11.1 Å². The maximum absolute atomic E-state index is 11.8. The molecule has 0 saturated heterocycles. The van der Waals surface area contributed by atoms with Crippen LogP contribution in [0.2, 0.25) is 0 Å². The Morgan fingerprint density at radius 2 is 2.20 bits per heavy atom. The molecule has 2 aromatic rings. The molecular formula is C15H18N2O2S. The third-order valence-corrected chi connectivity index (χ3v) is 4.07. The Bertz CT molecular complexity index is 608. The van der Waals surface area contributed by atoms with Crippen molar-refractivity contribution in [2.75, 3.05) is 18.2 Å². The number of hydrogen-bond donors (Lipinski definition) is 2. The van der Waals surface area contributed by atoms with Crippen LogP contribution in [-0.4, -0.2) is 13.1 Å². The van der Waals surface area contributed by atoms with E-state index < -0.39 is 0 Å². The second-order valence-corrected chi connectivity index (χ2v) is 5.37. The smallest absolute Gasteiger partial charge is 0.340 e. The lowest BCUT2D eigenvalue weighted by Crippen LogP contribution is -2.09. The lowest BCUT2D eigenvalue weighted by atomic mass is 10.1. The maximum atomic E-state index is 11.8. The van der Waals surface area contributed by atoms with Gasteiger partial charge in [0.15, 0.2) is 0 Å². The summed E-state index contributed by atoms with van der Waals surface area (Å²) in [5.41, 5.74) is 8.79. The lowest BCUT2D eigenvalue weighted by Gasteiger charge is -2.11. The van der Waals surface area contributed by atoms with E-state index in [1.165, 1.54) is 17.6 Å². The number of nitrogens with one attached hydrogen (secondary N) is 1. The molecule has 0 bridgehead atoms. The molecule has 1 heterocycles. The second-order valence-electron chi connectivity index (χ2n) is 4.37. The van der Waals surface area contributed by atoms with E-state index in [4.69, 9.17) is 10.5 Å². The van der Waals surface area contributed by atoms with Gasteiger partial charge in [0.2, 0.25) is 0 Å². The van der Waals surface area contributed by atoms with Gasteiger partial charge in [0, 0.05) is 22.8 Å². The number of hydrogen-bond acceptors (Lipinski definition) is 5. The van der Waals surface area contributed by atoms with E-state index in [0.717, 1.165) is 12.1 Å². The molecule has 0 aliphatic carbocycles. The fraction of sp³-hybridized carbons (Fsp3) is 0.267. The van der Waals surface area contributed by atoms with Crippen molar-refractivity contribution in [1.29, 1.82) is 0 Å². The van der Waals surface area contributed by atoms with Crippen LogP contribution in [0.1, 0.15) is 27.7 Å². The number of carbonyl (C=O) groups is 1. The first-order valence-electron chi connectivity index (χ1n) is 6.42. The third kappa shape index (κ3) is 3.11. The van der Waals surface area contributed by atoms with Gasteiger partial charge in [0.25, 0.3) is 0 Å². The van der Waals surface area contributed by atoms with Gasteiger partial charge >= 0.3 is 5.97 Å². The fourth-order valence-electron chi connectivity index (χ4n) is 2.01. The van der Waals surface area contributed by atoms with Crippen molar-refractivity contribution in [1.82, 2.24) is 0 Å². The summed E-state index contributed by atoms with van der Waals surface area (Å²) in [4.78, 5) is 13.0. The van der Waals surface area contributed by atoms with E-state index in [1.54, 1.807) is 29.5 Å². The van der Waals surface area contributed by atoms with Crippen molar-refractivity contribution in [3.63, 3.8) is 0 Å². The first-order valence-corrected chi connectivity index (χ1v) is 7.30. The van der Waals surface area contributed by atoms with Gasteiger partial charge in [-0.1, -0.05) is 6.92 Å². The molecule has 0 radical (unpaired) electrons. The van der Waals surface area contributed by atoms with Gasteiger partial charge in [-0.05, 0) is 41.6 Å². The highest BCUT2D eigenvalue weighted by Crippen LogP contribution is 2.23. The minimum Gasteiger partial charge on any atom is -0.465 e. The molecule has 20 heavy (non-hydrogen) atoms. The Morgan fingerprint density at radius 3 is 2.90 bits per heavy atom. The van der Waals surface area contributed by atoms with Crippen LogP contribution in [0.3, 0.4) is 0 Å². The molecule has 0 unspecified atom stereocenters. The molecule has 106 valence electrons. The summed E-state index contributed by atoms with van der Waals surface area (Å²) in [6.07, 6.45) is 1.01. The number of carbonyl (C=O) groups excluding carboxylic acids is 1. The van der Waals surface area contributed by atoms with Gasteiger partial charge in [0.1, 0.15) is 0 Å². The number of nitrogens with two attached hydrogens (primary N) is 1. The third-order valence-electron chi connectivity index (χ3n) is 3.11. The van der Waals surface area contributed by atoms with Gasteiger partial charge < -0.3 is 15.8 Å². The number of nitrogen functional groups attached to an aromatic ring is 1. The zero-order valence-corrected chi connectivity index (χ0v) is 12.4. The number of anilines is 2. The number of methoxy groups -OCH3 is 1. The maximum Gasteiger partial charge on any atom is 0.340 e. The summed E-state index contributed by atoms with van der Waals surface area (Å²) in [6.45, 7) is 2.82. The monoisotopic (exact) mass is 290 g/mol. The van der Waals surface area contributed by atoms with Crippen LogP contribution in [0.15, 0.2) is 29.6 Å². The molecule has 0 spiro atoms. The van der Waals surface area contributed by atoms with Crippen molar-refractivity contribution in [3.05, 3.63) is 45.6 Å². The quantitative estimate of drug-likeness (QED) is 0.655. The van der Waals surface area contributed by atoms with E-state index in [1.807, 2.05) is 0 Å². The molecule has 0 saturated carbocycles. The summed E-state index contributed by atoms with van der Waals surface area (Å²) >= 11 is 1.71.